The fraction of sp³-hybridized carbons (Fsp3) is 0.0500. The van der Waals surface area contributed by atoms with E-state index in [-0.39, 0.29) is 17.2 Å². The predicted molar refractivity (Wildman–Crippen MR) is 173 cm³/mol. The van der Waals surface area contributed by atoms with Crippen LogP contribution in [0.1, 0.15) is 11.1 Å². The van der Waals surface area contributed by atoms with Gasteiger partial charge in [-0.1, -0.05) is 115 Å². The van der Waals surface area contributed by atoms with E-state index in [1.165, 1.54) is 16.3 Å². The second kappa shape index (κ2) is 11.2. The zero-order valence-corrected chi connectivity index (χ0v) is 24.1. The van der Waals surface area contributed by atoms with Crippen LogP contribution in [0.25, 0.3) is 66.1 Å². The average molecular weight is 619 g/mol. The smallest absolute Gasteiger partial charge is 0.166 e. The Labute approximate surface area is 261 Å². The first-order valence-corrected chi connectivity index (χ1v) is 14.6. The molecule has 0 saturated heterocycles. The molecule has 0 fully saturated rings. The molecule has 0 spiro atoms. The molecule has 0 bridgehead atoms. The average Bonchev–Trinajstić information content (AvgIpc) is 3.07. The van der Waals surface area contributed by atoms with Crippen molar-refractivity contribution in [2.75, 3.05) is 0 Å². The Balaban J connectivity index is 1.15. The molecule has 0 aliphatic heterocycles. The summed E-state index contributed by atoms with van der Waals surface area (Å²) in [4.78, 5) is 0. The van der Waals surface area contributed by atoms with Crippen molar-refractivity contribution in [3.63, 3.8) is 0 Å². The van der Waals surface area contributed by atoms with Gasteiger partial charge in [-0.25, -0.2) is 0 Å². The highest BCUT2D eigenvalue weighted by Gasteiger charge is 2.37. The molecule has 6 heteroatoms. The number of hydrogen-bond acceptors (Lipinski definition) is 0. The van der Waals surface area contributed by atoms with Crippen molar-refractivity contribution in [1.82, 2.24) is 0 Å². The van der Waals surface area contributed by atoms with Crippen LogP contribution < -0.4 is 0 Å². The molecule has 0 aromatic heterocycles. The van der Waals surface area contributed by atoms with Gasteiger partial charge in [0, 0.05) is 0 Å². The summed E-state index contributed by atoms with van der Waals surface area (Å²) < 4.78 is 80.1. The molecule has 0 atom stereocenters. The molecule has 0 aliphatic carbocycles. The maximum absolute atomic E-state index is 13.3. The summed E-state index contributed by atoms with van der Waals surface area (Å²) in [5.41, 5.74) is 3.61. The summed E-state index contributed by atoms with van der Waals surface area (Å²) in [6.07, 6.45) is -9.80. The Morgan fingerprint density at radius 1 is 0.304 bits per heavy atom. The molecule has 0 heterocycles. The van der Waals surface area contributed by atoms with E-state index in [4.69, 9.17) is 0 Å². The molecule has 46 heavy (non-hydrogen) atoms. The molecule has 7 aromatic rings. The summed E-state index contributed by atoms with van der Waals surface area (Å²) in [6.45, 7) is 0. The molecule has 226 valence electrons. The van der Waals surface area contributed by atoms with Crippen LogP contribution in [-0.2, 0) is 12.4 Å². The van der Waals surface area contributed by atoms with Gasteiger partial charge in [0.25, 0.3) is 0 Å². The Kier molecular flexibility index (Phi) is 7.16. The molecule has 0 N–H and O–H groups in total. The number of halogens is 6. The number of rotatable bonds is 4. The van der Waals surface area contributed by atoms with Crippen molar-refractivity contribution < 1.29 is 26.3 Å². The molecular formula is C40H24F6. The summed E-state index contributed by atoms with van der Waals surface area (Å²) in [5.74, 6) is 0. The summed E-state index contributed by atoms with van der Waals surface area (Å²) in [5, 5.41) is 4.45. The van der Waals surface area contributed by atoms with Crippen LogP contribution >= 0.6 is 0 Å². The van der Waals surface area contributed by atoms with Crippen molar-refractivity contribution in [2.24, 2.45) is 0 Å². The minimum absolute atomic E-state index is 0.139. The van der Waals surface area contributed by atoms with Gasteiger partial charge in [-0.2, -0.15) is 26.3 Å². The zero-order valence-electron chi connectivity index (χ0n) is 24.1. The van der Waals surface area contributed by atoms with Crippen LogP contribution in [0.2, 0.25) is 0 Å². The first kappa shape index (κ1) is 29.4. The van der Waals surface area contributed by atoms with E-state index >= 15 is 0 Å². The maximum atomic E-state index is 13.3. The molecule has 0 unspecified atom stereocenters. The van der Waals surface area contributed by atoms with E-state index in [0.29, 0.717) is 0 Å². The van der Waals surface area contributed by atoms with E-state index in [2.05, 4.69) is 66.7 Å². The lowest BCUT2D eigenvalue weighted by Crippen LogP contribution is -2.11. The third kappa shape index (κ3) is 5.74. The monoisotopic (exact) mass is 618 g/mol. The first-order valence-electron chi connectivity index (χ1n) is 14.6. The molecule has 0 aliphatic rings. The quantitative estimate of drug-likeness (QED) is 0.172. The van der Waals surface area contributed by atoms with Gasteiger partial charge >= 0.3 is 12.4 Å². The Bertz CT molecular complexity index is 2170. The van der Waals surface area contributed by atoms with E-state index < -0.39 is 23.5 Å². The fourth-order valence-corrected chi connectivity index (χ4v) is 5.90. The second-order valence-corrected chi connectivity index (χ2v) is 11.3. The van der Waals surface area contributed by atoms with E-state index in [1.54, 1.807) is 24.3 Å². The highest BCUT2D eigenvalue weighted by atomic mass is 19.4. The summed E-state index contributed by atoms with van der Waals surface area (Å²) in [6, 6.07) is 43.5. The Hall–Kier alpha value is -5.36. The van der Waals surface area contributed by atoms with Gasteiger partial charge in [0.05, 0.1) is 11.1 Å². The van der Waals surface area contributed by atoms with E-state index in [0.717, 1.165) is 50.7 Å². The van der Waals surface area contributed by atoms with Crippen molar-refractivity contribution in [2.45, 2.75) is 12.4 Å². The largest absolute Gasteiger partial charge is 0.416 e. The standard InChI is InChI=1S/C40H24F6/c41-39(42,43)35-22-34(23-36(24-35)40(44,45)46)27-10-8-25(9-11-27)30-16-18-33-21-31(17-19-32(33)20-30)26-12-14-29(15-13-26)38-7-3-5-28-4-1-2-6-37(28)38/h1-24H. The van der Waals surface area contributed by atoms with Crippen molar-refractivity contribution in [3.05, 3.63) is 157 Å². The Morgan fingerprint density at radius 2 is 0.739 bits per heavy atom. The number of alkyl halides is 6. The van der Waals surface area contributed by atoms with Crippen LogP contribution in [0.4, 0.5) is 26.3 Å². The zero-order chi connectivity index (χ0) is 32.1. The minimum atomic E-state index is -4.90. The van der Waals surface area contributed by atoms with Crippen LogP contribution in [0.5, 0.6) is 0 Å². The Morgan fingerprint density at radius 3 is 1.26 bits per heavy atom. The molecule has 0 amide bonds. The lowest BCUT2D eigenvalue weighted by molar-refractivity contribution is -0.143. The van der Waals surface area contributed by atoms with Crippen molar-refractivity contribution in [3.8, 4) is 44.5 Å². The SMILES string of the molecule is FC(F)(F)c1cc(-c2ccc(-c3ccc4cc(-c5ccc(-c6cccc7ccccc67)cc5)ccc4c3)cc2)cc(C(F)(F)F)c1. The normalized spacial score (nSPS) is 12.1. The number of hydrogen-bond donors (Lipinski definition) is 0. The van der Waals surface area contributed by atoms with Gasteiger partial charge in [-0.05, 0) is 96.4 Å². The topological polar surface area (TPSA) is 0 Å². The molecular weight excluding hydrogens is 594 g/mol. The molecule has 7 aromatic carbocycles. The van der Waals surface area contributed by atoms with Crippen LogP contribution in [0.15, 0.2) is 146 Å². The van der Waals surface area contributed by atoms with Gasteiger partial charge in [-0.15, -0.1) is 0 Å². The first-order chi connectivity index (χ1) is 22.0. The van der Waals surface area contributed by atoms with Crippen LogP contribution in [0, 0.1) is 0 Å². The maximum Gasteiger partial charge on any atom is 0.416 e. The summed E-state index contributed by atoms with van der Waals surface area (Å²) >= 11 is 0. The lowest BCUT2D eigenvalue weighted by atomic mass is 9.94. The molecule has 0 radical (unpaired) electrons. The van der Waals surface area contributed by atoms with Crippen LogP contribution in [0.3, 0.4) is 0 Å². The fourth-order valence-electron chi connectivity index (χ4n) is 5.90. The third-order valence-corrected chi connectivity index (χ3v) is 8.30. The van der Waals surface area contributed by atoms with Crippen molar-refractivity contribution >= 4 is 21.5 Å². The van der Waals surface area contributed by atoms with E-state index in [1.807, 2.05) is 36.4 Å². The summed E-state index contributed by atoms with van der Waals surface area (Å²) in [7, 11) is 0. The van der Waals surface area contributed by atoms with Gasteiger partial charge < -0.3 is 0 Å². The van der Waals surface area contributed by atoms with Gasteiger partial charge in [0.1, 0.15) is 0 Å². The highest BCUT2D eigenvalue weighted by Crippen LogP contribution is 2.39. The van der Waals surface area contributed by atoms with E-state index in [9.17, 15) is 26.3 Å². The number of fused-ring (bicyclic) bond motifs is 2. The van der Waals surface area contributed by atoms with Crippen LogP contribution in [-0.4, -0.2) is 0 Å². The van der Waals surface area contributed by atoms with Gasteiger partial charge in [0.2, 0.25) is 0 Å². The van der Waals surface area contributed by atoms with Gasteiger partial charge in [0.15, 0.2) is 0 Å². The third-order valence-electron chi connectivity index (χ3n) is 8.30. The molecule has 0 nitrogen and oxygen atoms in total. The second-order valence-electron chi connectivity index (χ2n) is 11.3. The highest BCUT2D eigenvalue weighted by molar-refractivity contribution is 5.97. The van der Waals surface area contributed by atoms with Gasteiger partial charge in [-0.3, -0.25) is 0 Å². The lowest BCUT2D eigenvalue weighted by Gasteiger charge is -2.14. The van der Waals surface area contributed by atoms with Crippen molar-refractivity contribution in [1.29, 1.82) is 0 Å². The minimum Gasteiger partial charge on any atom is -0.166 e. The number of benzene rings is 7. The molecule has 7 rings (SSSR count). The molecule has 0 saturated carbocycles. The predicted octanol–water partition coefficient (Wildman–Crippen LogP) is 12.7.